The zero-order valence-electron chi connectivity index (χ0n) is 36.0. The molecule has 0 atom stereocenters. The summed E-state index contributed by atoms with van der Waals surface area (Å²) in [6.07, 6.45) is -9.78. The molecule has 0 saturated carbocycles. The molecule has 1 N–H and O–H groups in total. The molecule has 0 radical (unpaired) electrons. The van der Waals surface area contributed by atoms with Crippen molar-refractivity contribution < 1.29 is 176 Å². The first-order valence-corrected chi connectivity index (χ1v) is 18.3. The van der Waals surface area contributed by atoms with Crippen LogP contribution in [0.1, 0.15) is 52.4 Å². The SMILES string of the molecule is CC=CNOC=CCC(F)(F)C(F)(F)C(F)(F)C(F)(F)C(F)(F)C(F)(F)C(F)(F)CF.CCC=COC=CCCCCC(F)(F)C(F)(F)C(F)(F)C(F)(F)C(F)(F)C(F)(F)C(F)(F)CF.FC(F)(F)F.FC(F)(F)F. The number of hydroxylamine groups is 1. The number of alkyl halides is 38. The summed E-state index contributed by atoms with van der Waals surface area (Å²) in [6.45, 7) is -4.42. The Morgan fingerprint density at radius 2 is 0.653 bits per heavy atom. The molecule has 0 amide bonds. The number of allylic oxidation sites excluding steroid dienone is 4. The van der Waals surface area contributed by atoms with E-state index < -0.39 is 135 Å². The lowest BCUT2D eigenvalue weighted by Crippen LogP contribution is -2.73. The van der Waals surface area contributed by atoms with E-state index in [1.807, 2.05) is 5.48 Å². The monoisotopic (exact) mass is 1210 g/mol. The van der Waals surface area contributed by atoms with Gasteiger partial charge in [-0.1, -0.05) is 13.0 Å². The first-order valence-electron chi connectivity index (χ1n) is 18.3. The Hall–Kier alpha value is -4.30. The summed E-state index contributed by atoms with van der Waals surface area (Å²) in [7, 11) is 0. The van der Waals surface area contributed by atoms with Crippen LogP contribution in [0, 0.1) is 0 Å². The first kappa shape index (κ1) is 77.2. The number of hydrogen-bond acceptors (Lipinski definition) is 3. The van der Waals surface area contributed by atoms with Gasteiger partial charge < -0.3 is 9.57 Å². The van der Waals surface area contributed by atoms with Crippen LogP contribution in [-0.4, -0.2) is 109 Å². The topological polar surface area (TPSA) is 30.5 Å². The second-order valence-corrected chi connectivity index (χ2v) is 13.5. The molecule has 0 aromatic carbocycles. The van der Waals surface area contributed by atoms with Crippen molar-refractivity contribution in [3.05, 3.63) is 49.3 Å². The molecule has 3 nitrogen and oxygen atoms in total. The summed E-state index contributed by atoms with van der Waals surface area (Å²) in [5, 5.41) is 0. The van der Waals surface area contributed by atoms with Crippen LogP contribution in [0.15, 0.2) is 49.3 Å². The molecular formula is C34H31F38NO2. The number of nitrogens with one attached hydrogen (secondary N) is 1. The summed E-state index contributed by atoms with van der Waals surface area (Å²) in [4.78, 5) is 4.11. The number of rotatable bonds is 27. The van der Waals surface area contributed by atoms with Crippen molar-refractivity contribution in [1.29, 1.82) is 0 Å². The Kier molecular flexibility index (Phi) is 27.6. The minimum atomic E-state index is -8.21. The Labute approximate surface area is 393 Å². The average molecular weight is 1210 g/mol. The van der Waals surface area contributed by atoms with E-state index in [1.54, 1.807) is 13.0 Å². The van der Waals surface area contributed by atoms with Crippen LogP contribution in [0.25, 0.3) is 0 Å². The van der Waals surface area contributed by atoms with E-state index in [0.29, 0.717) is 6.42 Å². The van der Waals surface area contributed by atoms with Crippen molar-refractivity contribution in [1.82, 2.24) is 5.48 Å². The second-order valence-electron chi connectivity index (χ2n) is 13.5. The summed E-state index contributed by atoms with van der Waals surface area (Å²) in [5.74, 6) is -105. The Morgan fingerprint density at radius 1 is 0.360 bits per heavy atom. The van der Waals surface area contributed by atoms with Crippen LogP contribution in [0.3, 0.4) is 0 Å². The van der Waals surface area contributed by atoms with Gasteiger partial charge in [0.25, 0.3) is 0 Å². The maximum Gasteiger partial charge on any atom is 0.559 e. The fourth-order valence-electron chi connectivity index (χ4n) is 3.88. The van der Waals surface area contributed by atoms with Gasteiger partial charge in [-0.2, -0.15) is 123 Å². The second kappa shape index (κ2) is 26.8. The van der Waals surface area contributed by atoms with E-state index in [2.05, 4.69) is 4.84 Å². The van der Waals surface area contributed by atoms with Gasteiger partial charge >= 0.3 is 95.8 Å². The largest absolute Gasteiger partial charge is 0.559 e. The molecule has 0 bridgehead atoms. The maximum absolute atomic E-state index is 13.7. The van der Waals surface area contributed by atoms with Crippen molar-refractivity contribution in [3.63, 3.8) is 0 Å². The van der Waals surface area contributed by atoms with Crippen LogP contribution in [0.4, 0.5) is 167 Å². The van der Waals surface area contributed by atoms with Gasteiger partial charge in [0.1, 0.15) is 6.26 Å². The molecule has 0 aromatic heterocycles. The molecule has 0 saturated heterocycles. The highest BCUT2D eigenvalue weighted by Gasteiger charge is 2.94. The minimum absolute atomic E-state index is 0.116. The Morgan fingerprint density at radius 3 is 0.960 bits per heavy atom. The molecular weight excluding hydrogens is 1180 g/mol. The van der Waals surface area contributed by atoms with Gasteiger partial charge in [-0.25, -0.2) is 14.3 Å². The van der Waals surface area contributed by atoms with E-state index in [-0.39, 0.29) is 18.8 Å². The molecule has 0 unspecified atom stereocenters. The molecule has 450 valence electrons. The summed E-state index contributed by atoms with van der Waals surface area (Å²) >= 11 is 0. The van der Waals surface area contributed by atoms with E-state index >= 15 is 0 Å². The molecule has 0 aliphatic rings. The lowest BCUT2D eigenvalue weighted by Gasteiger charge is -2.42. The van der Waals surface area contributed by atoms with Gasteiger partial charge in [-0.3, -0.25) is 0 Å². The zero-order valence-corrected chi connectivity index (χ0v) is 36.0. The summed E-state index contributed by atoms with van der Waals surface area (Å²) in [6, 6.07) is 0. The summed E-state index contributed by atoms with van der Waals surface area (Å²) in [5.41, 5.74) is 1.82. The quantitative estimate of drug-likeness (QED) is 0.0385. The Bertz CT molecular complexity index is 1750. The van der Waals surface area contributed by atoms with E-state index in [1.165, 1.54) is 25.3 Å². The van der Waals surface area contributed by atoms with Crippen molar-refractivity contribution in [2.45, 2.75) is 148 Å². The predicted molar refractivity (Wildman–Crippen MR) is 176 cm³/mol. The van der Waals surface area contributed by atoms with Crippen molar-refractivity contribution in [2.75, 3.05) is 13.3 Å². The molecule has 0 fully saturated rings. The van der Waals surface area contributed by atoms with E-state index in [9.17, 15) is 167 Å². The molecule has 41 heteroatoms. The van der Waals surface area contributed by atoms with Gasteiger partial charge in [0, 0.05) is 19.0 Å². The van der Waals surface area contributed by atoms with Gasteiger partial charge in [0.15, 0.2) is 13.3 Å². The first-order chi connectivity index (χ1) is 32.7. The normalized spacial score (nSPS) is 15.1. The fourth-order valence-corrected chi connectivity index (χ4v) is 3.88. The fraction of sp³-hybridized carbons (Fsp3) is 0.765. The lowest BCUT2D eigenvalue weighted by molar-refractivity contribution is -0.442. The number of hydrogen-bond donors (Lipinski definition) is 1. The molecule has 0 aliphatic carbocycles. The standard InChI is InChI=1S/C18H19F15O.C14H12F15NO.2CF4/c1-2-3-9-34-10-7-5-4-6-8-12(20,21)14(24,25)16(28,29)18(32,33)17(30,31)15(26,27)13(22,23)11-19;1-2-5-30-31-6-3-4-8(16,17)10(20,21)12(24,25)14(28,29)13(26,27)11(22,23)9(18,19)7-15;2*2-1(3,4)5/h3,7,9-10H,2,4-6,8,11H2,1H3;2-3,5-6,30H,4,7H2,1H3;;. The van der Waals surface area contributed by atoms with Crippen LogP contribution in [-0.2, 0) is 9.57 Å². The van der Waals surface area contributed by atoms with Crippen LogP contribution in [0.5, 0.6) is 0 Å². The zero-order chi connectivity index (χ0) is 61.4. The smallest absolute Gasteiger partial charge is 0.473 e. The molecule has 0 aromatic rings. The van der Waals surface area contributed by atoms with Crippen LogP contribution < -0.4 is 5.48 Å². The molecule has 0 aliphatic heterocycles. The predicted octanol–water partition coefficient (Wildman–Crippen LogP) is 17.7. The van der Waals surface area contributed by atoms with Crippen LogP contribution in [0.2, 0.25) is 0 Å². The third-order valence-electron chi connectivity index (χ3n) is 7.87. The highest BCUT2D eigenvalue weighted by molar-refractivity contribution is 5.16. The van der Waals surface area contributed by atoms with E-state index in [0.717, 1.165) is 12.5 Å². The molecule has 0 spiro atoms. The average Bonchev–Trinajstić information content (AvgIpc) is 3.22. The van der Waals surface area contributed by atoms with Gasteiger partial charge in [0.2, 0.25) is 0 Å². The number of unbranched alkanes of at least 4 members (excludes halogenated alkanes) is 2. The molecule has 0 heterocycles. The summed E-state index contributed by atoms with van der Waals surface area (Å²) < 4.78 is 478. The van der Waals surface area contributed by atoms with E-state index in [4.69, 9.17) is 4.74 Å². The third kappa shape index (κ3) is 18.7. The highest BCUT2D eigenvalue weighted by Crippen LogP contribution is 2.64. The van der Waals surface area contributed by atoms with Crippen molar-refractivity contribution in [3.8, 4) is 0 Å². The lowest BCUT2D eigenvalue weighted by atomic mass is 9.88. The maximum atomic E-state index is 13.7. The van der Waals surface area contributed by atoms with Crippen LogP contribution >= 0.6 is 0 Å². The highest BCUT2D eigenvalue weighted by atomic mass is 19.5. The number of ether oxygens (including phenoxy) is 1. The van der Waals surface area contributed by atoms with Gasteiger partial charge in [-0.05, 0) is 50.8 Å². The Balaban J connectivity index is -0.000000568. The minimum Gasteiger partial charge on any atom is -0.473 e. The van der Waals surface area contributed by atoms with Gasteiger partial charge in [0.05, 0.1) is 12.5 Å². The molecule has 75 heavy (non-hydrogen) atoms. The number of halogens is 38. The third-order valence-corrected chi connectivity index (χ3v) is 7.87. The van der Waals surface area contributed by atoms with Gasteiger partial charge in [-0.15, -0.1) is 35.1 Å². The molecule has 0 rings (SSSR count). The van der Waals surface area contributed by atoms with Crippen molar-refractivity contribution >= 4 is 0 Å². The van der Waals surface area contributed by atoms with Crippen molar-refractivity contribution in [2.24, 2.45) is 0 Å².